The zero-order valence-electron chi connectivity index (χ0n) is 15.3. The first-order chi connectivity index (χ1) is 12.5. The molecule has 1 aliphatic rings. The molecule has 4 nitrogen and oxygen atoms in total. The van der Waals surface area contributed by atoms with E-state index >= 15 is 0 Å². The summed E-state index contributed by atoms with van der Waals surface area (Å²) < 4.78 is 24.3. The highest BCUT2D eigenvalue weighted by atomic mass is 32.2. The van der Waals surface area contributed by atoms with Gasteiger partial charge in [-0.15, -0.1) is 0 Å². The fourth-order valence-corrected chi connectivity index (χ4v) is 4.64. The lowest BCUT2D eigenvalue weighted by molar-refractivity contribution is 0.272. The molecule has 0 spiro atoms. The molecule has 26 heavy (non-hydrogen) atoms. The lowest BCUT2D eigenvalue weighted by Gasteiger charge is -2.20. The third-order valence-electron chi connectivity index (χ3n) is 5.22. The molecule has 0 bridgehead atoms. The van der Waals surface area contributed by atoms with Crippen LogP contribution in [0.2, 0.25) is 0 Å². The smallest absolute Gasteiger partial charge is 0.180 e. The summed E-state index contributed by atoms with van der Waals surface area (Å²) in [7, 11) is -3.43. The van der Waals surface area contributed by atoms with Gasteiger partial charge in [-0.1, -0.05) is 36.4 Å². The van der Waals surface area contributed by atoms with E-state index in [0.717, 1.165) is 24.1 Å². The van der Waals surface area contributed by atoms with Crippen LogP contribution in [0.5, 0.6) is 0 Å². The minimum absolute atomic E-state index is 0.246. The van der Waals surface area contributed by atoms with Crippen molar-refractivity contribution in [1.29, 1.82) is 0 Å². The Morgan fingerprint density at radius 3 is 2.54 bits per heavy atom. The quantitative estimate of drug-likeness (QED) is 0.810. The van der Waals surface area contributed by atoms with E-state index in [9.17, 15) is 8.42 Å². The average molecular weight is 374 g/mol. The number of hydrogen-bond acceptors (Lipinski definition) is 4. The van der Waals surface area contributed by atoms with E-state index in [2.05, 4.69) is 36.1 Å². The molecule has 2 aromatic carbocycles. The van der Waals surface area contributed by atoms with Crippen LogP contribution in [0.4, 0.5) is 0 Å². The van der Waals surface area contributed by atoms with E-state index in [4.69, 9.17) is 5.11 Å². The van der Waals surface area contributed by atoms with Gasteiger partial charge < -0.3 is 10.0 Å². The van der Waals surface area contributed by atoms with Gasteiger partial charge in [-0.3, -0.25) is 0 Å². The molecule has 1 fully saturated rings. The Morgan fingerprint density at radius 2 is 1.88 bits per heavy atom. The highest BCUT2D eigenvalue weighted by Gasteiger charge is 2.19. The molecule has 1 N–H and O–H groups in total. The van der Waals surface area contributed by atoms with E-state index in [1.54, 1.807) is 18.2 Å². The zero-order valence-corrected chi connectivity index (χ0v) is 16.1. The molecule has 1 aliphatic heterocycles. The molecule has 3 rings (SSSR count). The van der Waals surface area contributed by atoms with Gasteiger partial charge in [-0.25, -0.2) is 8.42 Å². The standard InChI is InChI=1S/C21H27NO3S/c1-17-4-3-12-22(17)13-11-18-7-9-19(10-8-18)20-5-2-6-21(16-20)26(24,25)15-14-23/h2,5-10,16-17,23H,3-4,11-15H2,1H3/t17-/m1/s1. The molecule has 0 radical (unpaired) electrons. The monoisotopic (exact) mass is 373 g/mol. The van der Waals surface area contributed by atoms with Gasteiger partial charge in [0.1, 0.15) is 0 Å². The Morgan fingerprint density at radius 1 is 1.12 bits per heavy atom. The number of aliphatic hydroxyl groups is 1. The molecular formula is C21H27NO3S. The summed E-state index contributed by atoms with van der Waals surface area (Å²) in [5.74, 6) is -0.246. The highest BCUT2D eigenvalue weighted by molar-refractivity contribution is 7.91. The number of likely N-dealkylation sites (tertiary alicyclic amines) is 1. The molecular weight excluding hydrogens is 346 g/mol. The van der Waals surface area contributed by atoms with Crippen LogP contribution in [-0.4, -0.2) is 49.9 Å². The molecule has 5 heteroatoms. The van der Waals surface area contributed by atoms with E-state index in [1.165, 1.54) is 24.9 Å². The molecule has 140 valence electrons. The Hall–Kier alpha value is -1.69. The van der Waals surface area contributed by atoms with Gasteiger partial charge in [0.05, 0.1) is 17.3 Å². The van der Waals surface area contributed by atoms with Crippen molar-refractivity contribution >= 4 is 9.84 Å². The SMILES string of the molecule is C[C@@H]1CCCN1CCc1ccc(-c2cccc(S(=O)(=O)CCO)c2)cc1. The van der Waals surface area contributed by atoms with E-state index in [0.29, 0.717) is 6.04 Å². The van der Waals surface area contributed by atoms with Gasteiger partial charge in [0, 0.05) is 12.6 Å². The van der Waals surface area contributed by atoms with Crippen molar-refractivity contribution in [2.75, 3.05) is 25.4 Å². The lowest BCUT2D eigenvalue weighted by Crippen LogP contribution is -2.28. The molecule has 1 atom stereocenters. The minimum atomic E-state index is -3.43. The Balaban J connectivity index is 1.70. The molecule has 1 saturated heterocycles. The molecule has 0 saturated carbocycles. The summed E-state index contributed by atoms with van der Waals surface area (Å²) in [6.45, 7) is 4.23. The van der Waals surface area contributed by atoms with Crippen molar-refractivity contribution in [3.63, 3.8) is 0 Å². The fourth-order valence-electron chi connectivity index (χ4n) is 3.57. The first kappa shape index (κ1) is 19.1. The zero-order chi connectivity index (χ0) is 18.6. The Bertz CT molecular complexity index is 831. The van der Waals surface area contributed by atoms with Crippen LogP contribution in [-0.2, 0) is 16.3 Å². The van der Waals surface area contributed by atoms with Crippen molar-refractivity contribution < 1.29 is 13.5 Å². The number of nitrogens with zero attached hydrogens (tertiary/aromatic N) is 1. The summed E-state index contributed by atoms with van der Waals surface area (Å²) in [6, 6.07) is 16.0. The Labute approximate surface area is 156 Å². The Kier molecular flexibility index (Phi) is 6.12. The minimum Gasteiger partial charge on any atom is -0.395 e. The highest BCUT2D eigenvalue weighted by Crippen LogP contribution is 2.24. The predicted molar refractivity (Wildman–Crippen MR) is 105 cm³/mol. The molecule has 2 aromatic rings. The fraction of sp³-hybridized carbons (Fsp3) is 0.429. The summed E-state index contributed by atoms with van der Waals surface area (Å²) >= 11 is 0. The van der Waals surface area contributed by atoms with Crippen LogP contribution >= 0.6 is 0 Å². The van der Waals surface area contributed by atoms with Crippen LogP contribution < -0.4 is 0 Å². The topological polar surface area (TPSA) is 57.6 Å². The van der Waals surface area contributed by atoms with Crippen LogP contribution in [0.25, 0.3) is 11.1 Å². The van der Waals surface area contributed by atoms with E-state index < -0.39 is 9.84 Å². The number of aliphatic hydroxyl groups excluding tert-OH is 1. The van der Waals surface area contributed by atoms with Gasteiger partial charge in [-0.05, 0) is 61.6 Å². The maximum absolute atomic E-state index is 12.1. The maximum Gasteiger partial charge on any atom is 0.180 e. The molecule has 0 unspecified atom stereocenters. The number of sulfone groups is 1. The molecule has 0 aliphatic carbocycles. The largest absolute Gasteiger partial charge is 0.395 e. The van der Waals surface area contributed by atoms with Crippen molar-refractivity contribution in [2.24, 2.45) is 0 Å². The van der Waals surface area contributed by atoms with E-state index in [1.807, 2.05) is 6.07 Å². The normalized spacial score (nSPS) is 18.3. The van der Waals surface area contributed by atoms with Crippen molar-refractivity contribution in [3.8, 4) is 11.1 Å². The van der Waals surface area contributed by atoms with Crippen molar-refractivity contribution in [2.45, 2.75) is 37.1 Å². The summed E-state index contributed by atoms with van der Waals surface area (Å²) in [5.41, 5.74) is 3.19. The predicted octanol–water partition coefficient (Wildman–Crippen LogP) is 3.15. The summed E-state index contributed by atoms with van der Waals surface area (Å²) in [4.78, 5) is 2.81. The molecule has 0 amide bonds. The van der Waals surface area contributed by atoms with Gasteiger partial charge in [0.15, 0.2) is 9.84 Å². The number of benzene rings is 2. The van der Waals surface area contributed by atoms with Gasteiger partial charge in [0.2, 0.25) is 0 Å². The first-order valence-corrected chi connectivity index (χ1v) is 10.9. The summed E-state index contributed by atoms with van der Waals surface area (Å²) in [5, 5.41) is 8.94. The van der Waals surface area contributed by atoms with Crippen molar-refractivity contribution in [1.82, 2.24) is 4.90 Å². The number of hydrogen-bond donors (Lipinski definition) is 1. The second-order valence-electron chi connectivity index (χ2n) is 7.04. The lowest BCUT2D eigenvalue weighted by atomic mass is 10.0. The average Bonchev–Trinajstić information content (AvgIpc) is 3.05. The van der Waals surface area contributed by atoms with Gasteiger partial charge in [-0.2, -0.15) is 0 Å². The number of rotatable bonds is 7. The third-order valence-corrected chi connectivity index (χ3v) is 6.91. The van der Waals surface area contributed by atoms with Gasteiger partial charge in [0.25, 0.3) is 0 Å². The second kappa shape index (κ2) is 8.33. The second-order valence-corrected chi connectivity index (χ2v) is 9.15. The summed E-state index contributed by atoms with van der Waals surface area (Å²) in [6.07, 6.45) is 3.64. The van der Waals surface area contributed by atoms with Crippen LogP contribution in [0.15, 0.2) is 53.4 Å². The van der Waals surface area contributed by atoms with Gasteiger partial charge >= 0.3 is 0 Å². The third kappa shape index (κ3) is 4.53. The molecule has 0 aromatic heterocycles. The van der Waals surface area contributed by atoms with Crippen LogP contribution in [0.1, 0.15) is 25.3 Å². The molecule has 1 heterocycles. The maximum atomic E-state index is 12.1. The van der Waals surface area contributed by atoms with Crippen LogP contribution in [0.3, 0.4) is 0 Å². The van der Waals surface area contributed by atoms with Crippen LogP contribution in [0, 0.1) is 0 Å². The van der Waals surface area contributed by atoms with E-state index in [-0.39, 0.29) is 17.3 Å². The van der Waals surface area contributed by atoms with Crippen molar-refractivity contribution in [3.05, 3.63) is 54.1 Å². The first-order valence-electron chi connectivity index (χ1n) is 9.26.